The van der Waals surface area contributed by atoms with Gasteiger partial charge in [0.15, 0.2) is 0 Å². The summed E-state index contributed by atoms with van der Waals surface area (Å²) in [7, 11) is 0. The quantitative estimate of drug-likeness (QED) is 0.453. The van der Waals surface area contributed by atoms with Crippen molar-refractivity contribution in [2.75, 3.05) is 16.8 Å². The number of hydrogen-bond acceptors (Lipinski definition) is 5. The Morgan fingerprint density at radius 3 is 2.44 bits per heavy atom. The molecule has 1 aliphatic heterocycles. The Hall–Kier alpha value is -4.27. The zero-order chi connectivity index (χ0) is 22.7. The molecule has 0 radical (unpaired) electrons. The van der Waals surface area contributed by atoms with Gasteiger partial charge in [0.2, 0.25) is 17.6 Å². The summed E-state index contributed by atoms with van der Waals surface area (Å²) >= 11 is 0. The van der Waals surface area contributed by atoms with Gasteiger partial charge in [-0.05, 0) is 48.5 Å². The highest BCUT2D eigenvalue weighted by Gasteiger charge is 2.36. The smallest absolute Gasteiger partial charge is 0.306 e. The highest BCUT2D eigenvalue weighted by Crippen LogP contribution is 2.30. The van der Waals surface area contributed by atoms with E-state index in [9.17, 15) is 24.1 Å². The number of rotatable bonds is 6. The van der Waals surface area contributed by atoms with Crippen molar-refractivity contribution in [3.63, 3.8) is 0 Å². The fraction of sp³-hybridized carbons (Fsp3) is 0.130. The third-order valence-electron chi connectivity index (χ3n) is 5.03. The second-order valence-corrected chi connectivity index (χ2v) is 7.23. The van der Waals surface area contributed by atoms with Crippen molar-refractivity contribution >= 4 is 28.9 Å². The Labute approximate surface area is 182 Å². The molecule has 9 heteroatoms. The van der Waals surface area contributed by atoms with Crippen LogP contribution in [0.25, 0.3) is 0 Å². The van der Waals surface area contributed by atoms with Crippen LogP contribution in [0.3, 0.4) is 0 Å². The summed E-state index contributed by atoms with van der Waals surface area (Å²) in [6, 6.07) is 19.3. The first-order chi connectivity index (χ1) is 15.4. The third-order valence-corrected chi connectivity index (χ3v) is 5.03. The van der Waals surface area contributed by atoms with Crippen molar-refractivity contribution in [1.82, 2.24) is 0 Å². The molecular formula is C23H18FN3O5. The minimum atomic E-state index is -0.987. The number of para-hydroxylation sites is 1. The molecular weight excluding hydrogens is 417 g/mol. The molecule has 0 aliphatic carbocycles. The SMILES string of the molecule is O=C(Nc1ccc(Oc2ccccc2)cc1)C1CC(=O)N(c2ccc(F)c([N+](=O)[O-])c2)C1. The van der Waals surface area contributed by atoms with E-state index in [1.807, 2.05) is 30.3 Å². The predicted octanol–water partition coefficient (Wildman–Crippen LogP) is 4.52. The molecule has 1 unspecified atom stereocenters. The van der Waals surface area contributed by atoms with Gasteiger partial charge < -0.3 is 15.0 Å². The number of nitro benzene ring substituents is 1. The maximum atomic E-state index is 13.6. The number of nitro groups is 1. The number of nitrogens with one attached hydrogen (secondary N) is 1. The molecule has 0 saturated carbocycles. The van der Waals surface area contributed by atoms with E-state index in [4.69, 9.17) is 4.74 Å². The minimum Gasteiger partial charge on any atom is -0.457 e. The van der Waals surface area contributed by atoms with Crippen molar-refractivity contribution < 1.29 is 23.6 Å². The lowest BCUT2D eigenvalue weighted by atomic mass is 10.1. The molecule has 1 atom stereocenters. The van der Waals surface area contributed by atoms with Gasteiger partial charge in [-0.1, -0.05) is 18.2 Å². The van der Waals surface area contributed by atoms with E-state index < -0.39 is 22.3 Å². The fourth-order valence-corrected chi connectivity index (χ4v) is 3.42. The second-order valence-electron chi connectivity index (χ2n) is 7.23. The van der Waals surface area contributed by atoms with Gasteiger partial charge in [0.05, 0.1) is 16.5 Å². The zero-order valence-corrected chi connectivity index (χ0v) is 16.7. The van der Waals surface area contributed by atoms with Crippen LogP contribution >= 0.6 is 0 Å². The first kappa shape index (κ1) is 21.0. The molecule has 0 bridgehead atoms. The van der Waals surface area contributed by atoms with E-state index in [1.54, 1.807) is 24.3 Å². The lowest BCUT2D eigenvalue weighted by molar-refractivity contribution is -0.387. The Bertz CT molecular complexity index is 1170. The summed E-state index contributed by atoms with van der Waals surface area (Å²) in [5, 5.41) is 13.7. The van der Waals surface area contributed by atoms with Gasteiger partial charge in [-0.3, -0.25) is 19.7 Å². The van der Waals surface area contributed by atoms with Crippen molar-refractivity contribution in [3.05, 3.63) is 88.7 Å². The molecule has 1 saturated heterocycles. The van der Waals surface area contributed by atoms with Crippen LogP contribution in [0, 0.1) is 21.8 Å². The Morgan fingerprint density at radius 1 is 1.06 bits per heavy atom. The van der Waals surface area contributed by atoms with Crippen LogP contribution < -0.4 is 15.0 Å². The number of halogens is 1. The van der Waals surface area contributed by atoms with Crippen LogP contribution in [0.5, 0.6) is 11.5 Å². The van der Waals surface area contributed by atoms with Crippen LogP contribution in [0.15, 0.2) is 72.8 Å². The van der Waals surface area contributed by atoms with E-state index in [1.165, 1.54) is 11.0 Å². The van der Waals surface area contributed by atoms with Crippen LogP contribution in [-0.4, -0.2) is 23.3 Å². The van der Waals surface area contributed by atoms with Crippen LogP contribution in [0.2, 0.25) is 0 Å². The van der Waals surface area contributed by atoms with Gasteiger partial charge in [-0.15, -0.1) is 0 Å². The molecule has 3 aromatic carbocycles. The van der Waals surface area contributed by atoms with Crippen molar-refractivity contribution in [1.29, 1.82) is 0 Å². The lowest BCUT2D eigenvalue weighted by Gasteiger charge is -2.16. The summed E-state index contributed by atoms with van der Waals surface area (Å²) in [5.41, 5.74) is 0.000516. The molecule has 0 spiro atoms. The summed E-state index contributed by atoms with van der Waals surface area (Å²) in [6.45, 7) is 0.0443. The molecule has 32 heavy (non-hydrogen) atoms. The molecule has 1 aliphatic rings. The van der Waals surface area contributed by atoms with Gasteiger partial charge in [0.1, 0.15) is 11.5 Å². The van der Waals surface area contributed by atoms with Crippen LogP contribution in [-0.2, 0) is 9.59 Å². The van der Waals surface area contributed by atoms with Crippen LogP contribution in [0.4, 0.5) is 21.5 Å². The number of ether oxygens (including phenoxy) is 1. The second kappa shape index (κ2) is 8.84. The van der Waals surface area contributed by atoms with Gasteiger partial charge in [0, 0.05) is 24.7 Å². The zero-order valence-electron chi connectivity index (χ0n) is 16.7. The number of carbonyl (C=O) groups excluding carboxylic acids is 2. The van der Waals surface area contributed by atoms with E-state index in [2.05, 4.69) is 5.32 Å². The molecule has 4 rings (SSSR count). The molecule has 162 valence electrons. The molecule has 1 fully saturated rings. The number of hydrogen-bond donors (Lipinski definition) is 1. The maximum Gasteiger partial charge on any atom is 0.306 e. The van der Waals surface area contributed by atoms with Crippen molar-refractivity contribution in [3.8, 4) is 11.5 Å². The Kier molecular flexibility index (Phi) is 5.80. The van der Waals surface area contributed by atoms with Crippen LogP contribution in [0.1, 0.15) is 6.42 Å². The Morgan fingerprint density at radius 2 is 1.75 bits per heavy atom. The average molecular weight is 435 g/mol. The third kappa shape index (κ3) is 4.56. The molecule has 2 amide bonds. The minimum absolute atomic E-state index is 0.0443. The molecule has 1 N–H and O–H groups in total. The Balaban J connectivity index is 1.40. The van der Waals surface area contributed by atoms with Gasteiger partial charge >= 0.3 is 5.69 Å². The van der Waals surface area contributed by atoms with E-state index >= 15 is 0 Å². The maximum absolute atomic E-state index is 13.6. The standard InChI is InChI=1S/C23H18FN3O5/c24-20-11-8-17(13-21(20)27(30)31)26-14-15(12-22(26)28)23(29)25-16-6-9-19(10-7-16)32-18-4-2-1-3-5-18/h1-11,13,15H,12,14H2,(H,25,29). The van der Waals surface area contributed by atoms with E-state index in [0.717, 1.165) is 12.1 Å². The number of carbonyl (C=O) groups is 2. The van der Waals surface area contributed by atoms with Gasteiger partial charge in [-0.2, -0.15) is 4.39 Å². The number of nitrogens with zero attached hydrogens (tertiary/aromatic N) is 2. The van der Waals surface area contributed by atoms with Gasteiger partial charge in [0.25, 0.3) is 0 Å². The normalized spacial score (nSPS) is 15.5. The first-order valence-electron chi connectivity index (χ1n) is 9.79. The number of amides is 2. The summed E-state index contributed by atoms with van der Waals surface area (Å²) in [6.07, 6.45) is -0.0494. The highest BCUT2D eigenvalue weighted by atomic mass is 19.1. The molecule has 3 aromatic rings. The first-order valence-corrected chi connectivity index (χ1v) is 9.79. The summed E-state index contributed by atoms with van der Waals surface area (Å²) in [5.74, 6) is -1.05. The van der Waals surface area contributed by atoms with Gasteiger partial charge in [-0.25, -0.2) is 0 Å². The highest BCUT2D eigenvalue weighted by molar-refractivity contribution is 6.03. The largest absolute Gasteiger partial charge is 0.457 e. The molecule has 1 heterocycles. The summed E-state index contributed by atoms with van der Waals surface area (Å²) in [4.78, 5) is 36.4. The molecule has 0 aromatic heterocycles. The van der Waals surface area contributed by atoms with Crippen molar-refractivity contribution in [2.45, 2.75) is 6.42 Å². The fourth-order valence-electron chi connectivity index (χ4n) is 3.42. The van der Waals surface area contributed by atoms with E-state index in [-0.39, 0.29) is 30.5 Å². The number of benzene rings is 3. The number of anilines is 2. The lowest BCUT2D eigenvalue weighted by Crippen LogP contribution is -2.28. The topological polar surface area (TPSA) is 102 Å². The van der Waals surface area contributed by atoms with Crippen molar-refractivity contribution in [2.24, 2.45) is 5.92 Å². The summed E-state index contributed by atoms with van der Waals surface area (Å²) < 4.78 is 19.3. The monoisotopic (exact) mass is 435 g/mol. The van der Waals surface area contributed by atoms with E-state index in [0.29, 0.717) is 17.2 Å². The predicted molar refractivity (Wildman–Crippen MR) is 115 cm³/mol. The average Bonchev–Trinajstić information content (AvgIpc) is 3.18. The molecule has 8 nitrogen and oxygen atoms in total.